The molecule has 0 saturated carbocycles. The van der Waals surface area contributed by atoms with Gasteiger partial charge in [-0.3, -0.25) is 0 Å². The number of oxime groups is 1. The molecule has 2 heterocycles. The molecule has 1 saturated heterocycles. The average molecular weight is 551 g/mol. The summed E-state index contributed by atoms with van der Waals surface area (Å²) in [5.41, 5.74) is 2.56. The summed E-state index contributed by atoms with van der Waals surface area (Å²) < 4.78 is 43.9. The number of halogens is 1. The highest BCUT2D eigenvalue weighted by molar-refractivity contribution is 7.90. The molecule has 0 unspecified atom stereocenters. The van der Waals surface area contributed by atoms with Gasteiger partial charge in [0, 0.05) is 61.3 Å². The topological polar surface area (TPSA) is 94.0 Å². The molecule has 0 radical (unpaired) electrons. The Morgan fingerprint density at radius 3 is 2.38 bits per heavy atom. The molecule has 0 N–H and O–H groups in total. The second-order valence-electron chi connectivity index (χ2n) is 11.1. The van der Waals surface area contributed by atoms with Gasteiger partial charge in [0.15, 0.2) is 8.32 Å². The fourth-order valence-corrected chi connectivity index (χ4v) is 5.18. The van der Waals surface area contributed by atoms with Crippen molar-refractivity contribution in [1.82, 2.24) is 9.97 Å². The van der Waals surface area contributed by atoms with Crippen molar-refractivity contribution in [3.8, 4) is 11.1 Å². The number of hydrogen-bond acceptors (Lipinski definition) is 8. The third-order valence-corrected chi connectivity index (χ3v) is 12.5. The molecule has 3 rings (SSSR count). The summed E-state index contributed by atoms with van der Waals surface area (Å²) in [4.78, 5) is 16.3. The van der Waals surface area contributed by atoms with Crippen LogP contribution in [0.15, 0.2) is 35.7 Å². The lowest BCUT2D eigenvalue weighted by Gasteiger charge is -2.36. The molecule has 8 nitrogen and oxygen atoms in total. The number of hydrogen-bond donors (Lipinski definition) is 0. The first kappa shape index (κ1) is 29.2. The Hall–Kier alpha value is -2.37. The molecule has 0 amide bonds. The van der Waals surface area contributed by atoms with Gasteiger partial charge in [0.05, 0.1) is 18.1 Å². The second kappa shape index (κ2) is 12.0. The van der Waals surface area contributed by atoms with Crippen molar-refractivity contribution in [2.45, 2.75) is 64.8 Å². The molecule has 1 aliphatic heterocycles. The van der Waals surface area contributed by atoms with Crippen LogP contribution in [-0.4, -0.2) is 64.1 Å². The highest BCUT2D eigenvalue weighted by Crippen LogP contribution is 2.37. The van der Waals surface area contributed by atoms with E-state index in [0.29, 0.717) is 55.0 Å². The number of sulfone groups is 1. The van der Waals surface area contributed by atoms with Crippen molar-refractivity contribution in [3.63, 3.8) is 0 Å². The van der Waals surface area contributed by atoms with Crippen molar-refractivity contribution in [3.05, 3.63) is 42.0 Å². The molecule has 2 aromatic rings. The molecule has 0 spiro atoms. The maximum atomic E-state index is 15.4. The summed E-state index contributed by atoms with van der Waals surface area (Å²) in [6, 6.07) is 5.35. The summed E-state index contributed by atoms with van der Waals surface area (Å²) in [6.07, 6.45) is 6.38. The summed E-state index contributed by atoms with van der Waals surface area (Å²) in [6.45, 7) is 12.7. The predicted octanol–water partition coefficient (Wildman–Crippen LogP) is 5.21. The van der Waals surface area contributed by atoms with E-state index in [1.165, 1.54) is 6.26 Å². The van der Waals surface area contributed by atoms with E-state index < -0.39 is 18.2 Å². The fraction of sp³-hybridized carbons (Fsp3) is 0.577. The lowest BCUT2D eigenvalue weighted by atomic mass is 10.1. The van der Waals surface area contributed by atoms with Gasteiger partial charge in [-0.2, -0.15) is 0 Å². The van der Waals surface area contributed by atoms with Gasteiger partial charge in [-0.25, -0.2) is 22.8 Å². The van der Waals surface area contributed by atoms with E-state index in [1.54, 1.807) is 24.5 Å². The van der Waals surface area contributed by atoms with Crippen LogP contribution in [0.1, 0.15) is 45.6 Å². The van der Waals surface area contributed by atoms with Crippen LogP contribution in [0, 0.1) is 5.82 Å². The molecule has 1 aliphatic rings. The Kier molecular flexibility index (Phi) is 9.46. The molecule has 204 valence electrons. The van der Waals surface area contributed by atoms with Crippen molar-refractivity contribution in [1.29, 1.82) is 0 Å². The first-order valence-electron chi connectivity index (χ1n) is 12.6. The third-order valence-electron chi connectivity index (χ3n) is 6.99. The molecular formula is C26H39FN4O4SSi. The molecule has 37 heavy (non-hydrogen) atoms. The number of piperidine rings is 1. The normalized spacial score (nSPS) is 15.1. The maximum Gasteiger partial charge on any atom is 0.225 e. The van der Waals surface area contributed by atoms with Crippen molar-refractivity contribution < 1.29 is 22.1 Å². The van der Waals surface area contributed by atoms with Crippen LogP contribution in [0.3, 0.4) is 0 Å². The average Bonchev–Trinajstić information content (AvgIpc) is 2.82. The molecule has 1 aromatic heterocycles. The SMILES string of the molecule is CC(C)(C)[Si](C)(C)OCc1cccc(-c2cnc(N3CCC(=NOCCCS(C)(=O)=O)CC3)nc2)c1F. The summed E-state index contributed by atoms with van der Waals surface area (Å²) in [5.74, 6) is 0.389. The van der Waals surface area contributed by atoms with Crippen LogP contribution in [0.2, 0.25) is 18.1 Å². The van der Waals surface area contributed by atoms with Crippen LogP contribution < -0.4 is 4.90 Å². The van der Waals surface area contributed by atoms with E-state index in [2.05, 4.69) is 53.9 Å². The van der Waals surface area contributed by atoms with Gasteiger partial charge in [-0.1, -0.05) is 44.1 Å². The van der Waals surface area contributed by atoms with Crippen molar-refractivity contribution >= 4 is 29.8 Å². The van der Waals surface area contributed by atoms with Gasteiger partial charge in [-0.15, -0.1) is 0 Å². The van der Waals surface area contributed by atoms with E-state index in [4.69, 9.17) is 9.26 Å². The van der Waals surface area contributed by atoms with Gasteiger partial charge in [0.1, 0.15) is 22.3 Å². The molecule has 0 aliphatic carbocycles. The minimum Gasteiger partial charge on any atom is -0.412 e. The highest BCUT2D eigenvalue weighted by Gasteiger charge is 2.37. The summed E-state index contributed by atoms with van der Waals surface area (Å²) in [7, 11) is -4.97. The van der Waals surface area contributed by atoms with E-state index >= 15 is 4.39 Å². The molecule has 0 atom stereocenters. The van der Waals surface area contributed by atoms with Crippen LogP contribution >= 0.6 is 0 Å². The minimum absolute atomic E-state index is 0.0544. The van der Waals surface area contributed by atoms with E-state index in [0.717, 1.165) is 5.71 Å². The Labute approximate surface area is 221 Å². The monoisotopic (exact) mass is 550 g/mol. The van der Waals surface area contributed by atoms with Gasteiger partial charge in [0.25, 0.3) is 0 Å². The minimum atomic E-state index is -2.98. The van der Waals surface area contributed by atoms with Crippen LogP contribution in [0.25, 0.3) is 11.1 Å². The van der Waals surface area contributed by atoms with Crippen LogP contribution in [0.4, 0.5) is 10.3 Å². The molecule has 0 bridgehead atoms. The quantitative estimate of drug-likeness (QED) is 0.228. The van der Waals surface area contributed by atoms with E-state index in [1.807, 2.05) is 6.07 Å². The second-order valence-corrected chi connectivity index (χ2v) is 18.1. The first-order chi connectivity index (χ1) is 17.3. The van der Waals surface area contributed by atoms with E-state index in [-0.39, 0.29) is 29.8 Å². The molecular weight excluding hydrogens is 511 g/mol. The molecule has 1 aromatic carbocycles. The van der Waals surface area contributed by atoms with Gasteiger partial charge in [0.2, 0.25) is 5.95 Å². The van der Waals surface area contributed by atoms with Crippen molar-refractivity contribution in [2.75, 3.05) is 36.6 Å². The van der Waals surface area contributed by atoms with Gasteiger partial charge in [-0.05, 0) is 24.6 Å². The Morgan fingerprint density at radius 1 is 1.14 bits per heavy atom. The number of rotatable bonds is 10. The Bertz CT molecular complexity index is 1190. The molecule has 1 fully saturated rings. The number of nitrogens with zero attached hydrogens (tertiary/aromatic N) is 4. The first-order valence-corrected chi connectivity index (χ1v) is 17.6. The standard InChI is InChI=1S/C26H39FN4O4SSi/c1-26(2,3)37(5,6)35-19-20-9-7-10-23(24(20)27)21-17-28-25(29-18-21)31-13-11-22(12-14-31)30-34-15-8-16-36(4,32)33/h7,9-10,17-18H,8,11-16,19H2,1-6H3. The Morgan fingerprint density at radius 2 is 1.78 bits per heavy atom. The third kappa shape index (κ3) is 8.31. The van der Waals surface area contributed by atoms with Crippen LogP contribution in [-0.2, 0) is 25.7 Å². The number of aromatic nitrogens is 2. The Balaban J connectivity index is 1.57. The van der Waals surface area contributed by atoms with Gasteiger partial charge < -0.3 is 14.2 Å². The zero-order valence-corrected chi connectivity index (χ0v) is 24.6. The zero-order chi connectivity index (χ0) is 27.3. The fourth-order valence-electron chi connectivity index (χ4n) is 3.59. The van der Waals surface area contributed by atoms with E-state index in [9.17, 15) is 8.42 Å². The van der Waals surface area contributed by atoms with Crippen molar-refractivity contribution in [2.24, 2.45) is 5.16 Å². The number of anilines is 1. The number of benzene rings is 1. The molecule has 11 heteroatoms. The maximum absolute atomic E-state index is 15.4. The highest BCUT2D eigenvalue weighted by atomic mass is 32.2. The largest absolute Gasteiger partial charge is 0.412 e. The smallest absolute Gasteiger partial charge is 0.225 e. The lowest BCUT2D eigenvalue weighted by Crippen LogP contribution is -2.40. The summed E-state index contributed by atoms with van der Waals surface area (Å²) >= 11 is 0. The van der Waals surface area contributed by atoms with Crippen LogP contribution in [0.5, 0.6) is 0 Å². The lowest BCUT2D eigenvalue weighted by molar-refractivity contribution is 0.144. The van der Waals surface area contributed by atoms with Gasteiger partial charge >= 0.3 is 0 Å². The predicted molar refractivity (Wildman–Crippen MR) is 149 cm³/mol. The zero-order valence-electron chi connectivity index (χ0n) is 22.8. The summed E-state index contributed by atoms with van der Waals surface area (Å²) in [5, 5.41) is 4.21.